The molecule has 0 radical (unpaired) electrons. The summed E-state index contributed by atoms with van der Waals surface area (Å²) in [6, 6.07) is 25.9. The Labute approximate surface area is 236 Å². The van der Waals surface area contributed by atoms with Crippen LogP contribution in [0.3, 0.4) is 0 Å². The van der Waals surface area contributed by atoms with Crippen LogP contribution >= 0.6 is 0 Å². The van der Waals surface area contributed by atoms with E-state index in [2.05, 4.69) is 94.4 Å². The number of pyridine rings is 2. The van der Waals surface area contributed by atoms with Gasteiger partial charge in [0, 0.05) is 28.9 Å². The molecule has 4 heterocycles. The van der Waals surface area contributed by atoms with Crippen molar-refractivity contribution in [1.82, 2.24) is 19.9 Å². The molecule has 0 unspecified atom stereocenters. The van der Waals surface area contributed by atoms with E-state index in [1.807, 2.05) is 24.5 Å². The third-order valence-corrected chi connectivity index (χ3v) is 8.15. The lowest BCUT2D eigenvalue weighted by atomic mass is 9.80. The van der Waals surface area contributed by atoms with Crippen LogP contribution in [0.15, 0.2) is 119 Å². The van der Waals surface area contributed by atoms with Crippen LogP contribution in [0.25, 0.3) is 67.3 Å². The molecule has 6 nitrogen and oxygen atoms in total. The molecule has 0 saturated carbocycles. The van der Waals surface area contributed by atoms with Gasteiger partial charge in [0.05, 0.1) is 12.4 Å². The Hall–Kier alpha value is -5.36. The Balaban J connectivity index is 1.24. The molecule has 0 atom stereocenters. The predicted octanol–water partition coefficient (Wildman–Crippen LogP) is 8.58. The van der Waals surface area contributed by atoms with Crippen molar-refractivity contribution in [3.05, 3.63) is 121 Å². The molecule has 0 N–H and O–H groups in total. The van der Waals surface area contributed by atoms with Gasteiger partial charge in [-0.1, -0.05) is 62.4 Å². The van der Waals surface area contributed by atoms with Gasteiger partial charge in [-0.2, -0.15) is 0 Å². The lowest BCUT2D eigenvalue weighted by Crippen LogP contribution is -2.15. The molecule has 8 rings (SSSR count). The molecule has 6 heteroatoms. The standard InChI is InChI=1S/C35H24N4O2/c1-35(2)28-17-21(22-8-11-30(38-19-22)33-36-13-15-40-33)7-10-26(28)32-25-6-4-3-5-24(25)27(18-29(32)35)23-9-12-31(39-20-23)34-37-14-16-41-34/h3-20H,1-2H3. The van der Waals surface area contributed by atoms with E-state index in [1.165, 1.54) is 38.6 Å². The minimum absolute atomic E-state index is 0.198. The normalized spacial score (nSPS) is 13.3. The Bertz CT molecular complexity index is 2040. The molecule has 0 bridgehead atoms. The van der Waals surface area contributed by atoms with Crippen LogP contribution in [0.4, 0.5) is 0 Å². The second-order valence-electron chi connectivity index (χ2n) is 10.8. The van der Waals surface area contributed by atoms with E-state index in [-0.39, 0.29) is 5.41 Å². The first-order chi connectivity index (χ1) is 20.1. The van der Waals surface area contributed by atoms with Crippen molar-refractivity contribution < 1.29 is 8.83 Å². The van der Waals surface area contributed by atoms with Gasteiger partial charge >= 0.3 is 0 Å². The number of hydrogen-bond donors (Lipinski definition) is 0. The summed E-state index contributed by atoms with van der Waals surface area (Å²) in [5, 5.41) is 2.45. The van der Waals surface area contributed by atoms with Gasteiger partial charge in [0.15, 0.2) is 0 Å². The van der Waals surface area contributed by atoms with E-state index in [1.54, 1.807) is 24.9 Å². The highest BCUT2D eigenvalue weighted by Gasteiger charge is 2.37. The molecule has 4 aromatic heterocycles. The van der Waals surface area contributed by atoms with Gasteiger partial charge in [-0.15, -0.1) is 0 Å². The Kier molecular flexibility index (Phi) is 5.06. The second-order valence-corrected chi connectivity index (χ2v) is 10.8. The average molecular weight is 533 g/mol. The van der Waals surface area contributed by atoms with Gasteiger partial charge in [-0.25, -0.2) is 9.97 Å². The van der Waals surface area contributed by atoms with E-state index < -0.39 is 0 Å². The third kappa shape index (κ3) is 3.64. The zero-order chi connectivity index (χ0) is 27.6. The maximum absolute atomic E-state index is 5.44. The fourth-order valence-corrected chi connectivity index (χ4v) is 6.07. The lowest BCUT2D eigenvalue weighted by Gasteiger charge is -2.23. The predicted molar refractivity (Wildman–Crippen MR) is 159 cm³/mol. The topological polar surface area (TPSA) is 77.8 Å². The minimum Gasteiger partial charge on any atom is -0.443 e. The molecule has 0 aliphatic heterocycles. The molecule has 1 aliphatic rings. The summed E-state index contributed by atoms with van der Waals surface area (Å²) in [6.07, 6.45) is 10.2. The van der Waals surface area contributed by atoms with Crippen LogP contribution in [0.1, 0.15) is 25.0 Å². The first-order valence-electron chi connectivity index (χ1n) is 13.5. The Morgan fingerprint density at radius 1 is 0.561 bits per heavy atom. The Morgan fingerprint density at radius 2 is 1.20 bits per heavy atom. The molecule has 1 aliphatic carbocycles. The van der Waals surface area contributed by atoms with Crippen molar-refractivity contribution in [3.63, 3.8) is 0 Å². The van der Waals surface area contributed by atoms with Crippen LogP contribution in [0.2, 0.25) is 0 Å². The summed E-state index contributed by atoms with van der Waals surface area (Å²) in [6.45, 7) is 4.63. The number of fused-ring (bicyclic) bond motifs is 5. The summed E-state index contributed by atoms with van der Waals surface area (Å²) in [5.74, 6) is 1.04. The van der Waals surface area contributed by atoms with Crippen LogP contribution in [-0.2, 0) is 5.41 Å². The summed E-state index contributed by atoms with van der Waals surface area (Å²) < 4.78 is 10.8. The summed E-state index contributed by atoms with van der Waals surface area (Å²) >= 11 is 0. The van der Waals surface area contributed by atoms with Crippen LogP contribution < -0.4 is 0 Å². The first kappa shape index (κ1) is 23.5. The minimum atomic E-state index is -0.198. The molecule has 0 saturated heterocycles. The number of aromatic nitrogens is 4. The zero-order valence-electron chi connectivity index (χ0n) is 22.5. The molecule has 0 spiro atoms. The lowest BCUT2D eigenvalue weighted by molar-refractivity contribution is 0.572. The third-order valence-electron chi connectivity index (χ3n) is 8.15. The highest BCUT2D eigenvalue weighted by Crippen LogP contribution is 2.53. The van der Waals surface area contributed by atoms with Gasteiger partial charge in [-0.3, -0.25) is 9.97 Å². The smallest absolute Gasteiger partial charge is 0.244 e. The van der Waals surface area contributed by atoms with E-state index in [4.69, 9.17) is 8.83 Å². The van der Waals surface area contributed by atoms with Gasteiger partial charge in [-0.05, 0) is 68.4 Å². The van der Waals surface area contributed by atoms with E-state index in [0.717, 1.165) is 22.4 Å². The van der Waals surface area contributed by atoms with E-state index in [9.17, 15) is 0 Å². The number of rotatable bonds is 4. The Morgan fingerprint density at radius 3 is 1.80 bits per heavy atom. The molecule has 0 fully saturated rings. The zero-order valence-corrected chi connectivity index (χ0v) is 22.5. The molecule has 3 aromatic carbocycles. The summed E-state index contributed by atoms with van der Waals surface area (Å²) in [7, 11) is 0. The molecule has 196 valence electrons. The van der Waals surface area contributed by atoms with Gasteiger partial charge < -0.3 is 8.83 Å². The van der Waals surface area contributed by atoms with Crippen LogP contribution in [0, 0.1) is 0 Å². The summed E-state index contributed by atoms with van der Waals surface area (Å²) in [4.78, 5) is 17.7. The van der Waals surface area contributed by atoms with Crippen molar-refractivity contribution in [3.8, 4) is 56.6 Å². The molecule has 0 amide bonds. The molecular formula is C35H24N4O2. The van der Waals surface area contributed by atoms with Crippen molar-refractivity contribution >= 4 is 10.8 Å². The van der Waals surface area contributed by atoms with Gasteiger partial charge in [0.1, 0.15) is 23.9 Å². The van der Waals surface area contributed by atoms with Crippen molar-refractivity contribution in [1.29, 1.82) is 0 Å². The number of benzene rings is 3. The van der Waals surface area contributed by atoms with Gasteiger partial charge in [0.2, 0.25) is 11.8 Å². The SMILES string of the molecule is CC1(C)c2cc(-c3ccc(-c4ncco4)nc3)ccc2-c2c1cc(-c1ccc(-c3ncco3)nc1)c1ccccc21. The highest BCUT2D eigenvalue weighted by molar-refractivity contribution is 6.09. The number of nitrogens with zero attached hydrogens (tertiary/aromatic N) is 4. The molecule has 41 heavy (non-hydrogen) atoms. The first-order valence-corrected chi connectivity index (χ1v) is 13.5. The highest BCUT2D eigenvalue weighted by atomic mass is 16.3. The number of hydrogen-bond acceptors (Lipinski definition) is 6. The maximum atomic E-state index is 5.44. The fraction of sp³-hybridized carbons (Fsp3) is 0.0857. The molecule has 7 aromatic rings. The molecular weight excluding hydrogens is 508 g/mol. The van der Waals surface area contributed by atoms with Crippen molar-refractivity contribution in [2.24, 2.45) is 0 Å². The summed E-state index contributed by atoms with van der Waals surface area (Å²) in [5.41, 5.74) is 10.8. The van der Waals surface area contributed by atoms with Crippen LogP contribution in [-0.4, -0.2) is 19.9 Å². The van der Waals surface area contributed by atoms with Crippen molar-refractivity contribution in [2.75, 3.05) is 0 Å². The average Bonchev–Trinajstić information content (AvgIpc) is 3.79. The fourth-order valence-electron chi connectivity index (χ4n) is 6.07. The van der Waals surface area contributed by atoms with Gasteiger partial charge in [0.25, 0.3) is 0 Å². The second kappa shape index (κ2) is 8.83. The van der Waals surface area contributed by atoms with E-state index >= 15 is 0 Å². The monoisotopic (exact) mass is 532 g/mol. The van der Waals surface area contributed by atoms with Crippen molar-refractivity contribution in [2.45, 2.75) is 19.3 Å². The number of oxazole rings is 2. The van der Waals surface area contributed by atoms with Crippen LogP contribution in [0.5, 0.6) is 0 Å². The quantitative estimate of drug-likeness (QED) is 0.226. The maximum Gasteiger partial charge on any atom is 0.244 e. The largest absolute Gasteiger partial charge is 0.443 e. The van der Waals surface area contributed by atoms with E-state index in [0.29, 0.717) is 17.5 Å².